The van der Waals surface area contributed by atoms with E-state index in [0.717, 1.165) is 6.07 Å². The number of halogens is 4. The van der Waals surface area contributed by atoms with Gasteiger partial charge in [-0.25, -0.2) is 4.79 Å². The fourth-order valence-corrected chi connectivity index (χ4v) is 4.52. The number of alkyl halides is 3. The topological polar surface area (TPSA) is 67.4 Å². The molecule has 2 amide bonds. The lowest BCUT2D eigenvalue weighted by Crippen LogP contribution is -2.59. The quantitative estimate of drug-likeness (QED) is 0.606. The van der Waals surface area contributed by atoms with Crippen LogP contribution in [0.1, 0.15) is 64.9 Å². The summed E-state index contributed by atoms with van der Waals surface area (Å²) in [6.07, 6.45) is -1.92. The van der Waals surface area contributed by atoms with Crippen molar-refractivity contribution in [2.24, 2.45) is 5.41 Å². The van der Waals surface area contributed by atoms with E-state index in [0.29, 0.717) is 38.5 Å². The van der Waals surface area contributed by atoms with Gasteiger partial charge < -0.3 is 15.4 Å². The summed E-state index contributed by atoms with van der Waals surface area (Å²) in [4.78, 5) is 25.2. The molecule has 4 rings (SSSR count). The molecule has 166 valence electrons. The largest absolute Gasteiger partial charge is 0.444 e. The van der Waals surface area contributed by atoms with Crippen molar-refractivity contribution in [1.29, 1.82) is 0 Å². The number of amides is 2. The first-order valence-corrected chi connectivity index (χ1v) is 10.3. The Balaban J connectivity index is 1.69. The first kappa shape index (κ1) is 22.7. The first-order valence-electron chi connectivity index (χ1n) is 9.93. The van der Waals surface area contributed by atoms with Crippen LogP contribution < -0.4 is 10.6 Å². The van der Waals surface area contributed by atoms with E-state index in [1.165, 1.54) is 12.1 Å². The number of anilines is 1. The van der Waals surface area contributed by atoms with E-state index in [1.807, 2.05) is 0 Å². The minimum absolute atomic E-state index is 0.0492. The van der Waals surface area contributed by atoms with E-state index in [2.05, 4.69) is 10.6 Å². The van der Waals surface area contributed by atoms with Crippen molar-refractivity contribution >= 4 is 29.3 Å². The predicted molar refractivity (Wildman–Crippen MR) is 107 cm³/mol. The van der Waals surface area contributed by atoms with Crippen molar-refractivity contribution in [2.45, 2.75) is 76.6 Å². The van der Waals surface area contributed by atoms with Crippen LogP contribution in [0.3, 0.4) is 0 Å². The molecular formula is C21H26ClF3N2O3. The van der Waals surface area contributed by atoms with Crippen LogP contribution in [0.4, 0.5) is 23.7 Å². The summed E-state index contributed by atoms with van der Waals surface area (Å²) in [5.41, 5.74) is -3.03. The molecule has 3 saturated carbocycles. The number of nitrogens with one attached hydrogen (secondary N) is 2. The third-order valence-electron chi connectivity index (χ3n) is 6.03. The Kier molecular flexibility index (Phi) is 5.77. The number of benzene rings is 1. The van der Waals surface area contributed by atoms with Crippen molar-refractivity contribution in [3.8, 4) is 0 Å². The van der Waals surface area contributed by atoms with Gasteiger partial charge in [-0.1, -0.05) is 11.6 Å². The van der Waals surface area contributed by atoms with E-state index in [4.69, 9.17) is 16.3 Å². The SMILES string of the molecule is CC(C)(C)OC(=O)NC12CCC(C(=O)Nc3ccc(Cl)cc3C(F)(F)F)(CC1)CC2. The van der Waals surface area contributed by atoms with Crippen LogP contribution in [-0.2, 0) is 15.7 Å². The van der Waals surface area contributed by atoms with Gasteiger partial charge in [0.05, 0.1) is 11.3 Å². The lowest BCUT2D eigenvalue weighted by Gasteiger charge is -2.52. The second kappa shape index (κ2) is 7.62. The molecule has 0 unspecified atom stereocenters. The Bertz CT molecular complexity index is 824. The highest BCUT2D eigenvalue weighted by Crippen LogP contribution is 2.53. The number of hydrogen-bond donors (Lipinski definition) is 2. The molecule has 3 fully saturated rings. The predicted octanol–water partition coefficient (Wildman–Crippen LogP) is 5.92. The van der Waals surface area contributed by atoms with E-state index in [-0.39, 0.29) is 10.7 Å². The van der Waals surface area contributed by atoms with Crippen LogP contribution in [0.2, 0.25) is 5.02 Å². The smallest absolute Gasteiger partial charge is 0.418 e. The second-order valence-corrected chi connectivity index (χ2v) is 9.77. The molecule has 2 bridgehead atoms. The fourth-order valence-electron chi connectivity index (χ4n) is 4.35. The van der Waals surface area contributed by atoms with Gasteiger partial charge in [-0.15, -0.1) is 0 Å². The Labute approximate surface area is 178 Å². The van der Waals surface area contributed by atoms with Gasteiger partial charge in [0.1, 0.15) is 5.60 Å². The highest BCUT2D eigenvalue weighted by atomic mass is 35.5. The van der Waals surface area contributed by atoms with Gasteiger partial charge in [0, 0.05) is 16.0 Å². The van der Waals surface area contributed by atoms with Gasteiger partial charge >= 0.3 is 12.3 Å². The van der Waals surface area contributed by atoms with Crippen LogP contribution >= 0.6 is 11.6 Å². The zero-order valence-electron chi connectivity index (χ0n) is 17.2. The molecular weight excluding hydrogens is 421 g/mol. The van der Waals surface area contributed by atoms with Crippen LogP contribution in [-0.4, -0.2) is 23.1 Å². The summed E-state index contributed by atoms with van der Waals surface area (Å²) in [6.45, 7) is 5.36. The molecule has 0 aliphatic heterocycles. The molecule has 3 aliphatic rings. The number of ether oxygens (including phenoxy) is 1. The molecule has 0 radical (unpaired) electrons. The number of carbonyl (C=O) groups excluding carboxylic acids is 2. The lowest BCUT2D eigenvalue weighted by molar-refractivity contribution is -0.137. The van der Waals surface area contributed by atoms with Gasteiger partial charge in [0.25, 0.3) is 0 Å². The van der Waals surface area contributed by atoms with Crippen LogP contribution in [0.5, 0.6) is 0 Å². The molecule has 0 saturated heterocycles. The van der Waals surface area contributed by atoms with E-state index in [1.54, 1.807) is 20.8 Å². The Morgan fingerprint density at radius 1 is 1.03 bits per heavy atom. The molecule has 0 spiro atoms. The minimum Gasteiger partial charge on any atom is -0.444 e. The van der Waals surface area contributed by atoms with Gasteiger partial charge in [-0.3, -0.25) is 4.79 Å². The molecule has 1 aromatic carbocycles. The Hall–Kier alpha value is -1.96. The number of fused-ring (bicyclic) bond motifs is 3. The van der Waals surface area contributed by atoms with Crippen molar-refractivity contribution in [1.82, 2.24) is 5.32 Å². The third kappa shape index (κ3) is 4.85. The first-order chi connectivity index (χ1) is 13.7. The number of rotatable bonds is 3. The van der Waals surface area contributed by atoms with Crippen molar-refractivity contribution in [2.75, 3.05) is 5.32 Å². The molecule has 1 aromatic rings. The summed E-state index contributed by atoms with van der Waals surface area (Å²) in [5, 5.41) is 5.40. The zero-order valence-corrected chi connectivity index (χ0v) is 18.0. The molecule has 5 nitrogen and oxygen atoms in total. The molecule has 2 N–H and O–H groups in total. The average Bonchev–Trinajstić information content (AvgIpc) is 2.62. The van der Waals surface area contributed by atoms with Crippen molar-refractivity contribution < 1.29 is 27.5 Å². The Morgan fingerprint density at radius 2 is 1.60 bits per heavy atom. The molecule has 0 heterocycles. The molecule has 30 heavy (non-hydrogen) atoms. The zero-order chi connectivity index (χ0) is 22.4. The van der Waals surface area contributed by atoms with Crippen molar-refractivity contribution in [3.63, 3.8) is 0 Å². The van der Waals surface area contributed by atoms with Crippen molar-refractivity contribution in [3.05, 3.63) is 28.8 Å². The molecule has 3 aliphatic carbocycles. The van der Waals surface area contributed by atoms with E-state index >= 15 is 0 Å². The maximum absolute atomic E-state index is 13.3. The monoisotopic (exact) mass is 446 g/mol. The van der Waals surface area contributed by atoms with Gasteiger partial charge in [0.15, 0.2) is 0 Å². The molecule has 0 atom stereocenters. The average molecular weight is 447 g/mol. The second-order valence-electron chi connectivity index (χ2n) is 9.33. The van der Waals surface area contributed by atoms with E-state index in [9.17, 15) is 22.8 Å². The third-order valence-corrected chi connectivity index (χ3v) is 6.26. The standard InChI is InChI=1S/C21H26ClF3N2O3/c1-18(2,3)30-17(29)27-20-9-6-19(7-10-20,8-11-20)16(28)26-15-5-4-13(22)12-14(15)21(23,24)25/h4-5,12H,6-11H2,1-3H3,(H,26,28)(H,27,29). The fraction of sp³-hybridized carbons (Fsp3) is 0.619. The number of carbonyl (C=O) groups is 2. The highest BCUT2D eigenvalue weighted by molar-refractivity contribution is 6.30. The summed E-state index contributed by atoms with van der Waals surface area (Å²) in [7, 11) is 0. The normalized spacial score (nSPS) is 26.2. The summed E-state index contributed by atoms with van der Waals surface area (Å²) < 4.78 is 45.3. The van der Waals surface area contributed by atoms with Gasteiger partial charge in [0.2, 0.25) is 5.91 Å². The summed E-state index contributed by atoms with van der Waals surface area (Å²) in [5.74, 6) is -0.416. The minimum atomic E-state index is -4.63. The maximum atomic E-state index is 13.3. The maximum Gasteiger partial charge on any atom is 0.418 e. The highest BCUT2D eigenvalue weighted by Gasteiger charge is 2.53. The van der Waals surface area contributed by atoms with Gasteiger partial charge in [-0.2, -0.15) is 13.2 Å². The van der Waals surface area contributed by atoms with Crippen LogP contribution in [0.15, 0.2) is 18.2 Å². The number of alkyl carbamates (subject to hydrolysis) is 1. The van der Waals surface area contributed by atoms with Gasteiger partial charge in [-0.05, 0) is 77.5 Å². The Morgan fingerprint density at radius 3 is 2.10 bits per heavy atom. The van der Waals surface area contributed by atoms with Crippen LogP contribution in [0, 0.1) is 5.41 Å². The summed E-state index contributed by atoms with van der Waals surface area (Å²) >= 11 is 5.71. The summed E-state index contributed by atoms with van der Waals surface area (Å²) in [6, 6.07) is 3.31. The number of hydrogen-bond acceptors (Lipinski definition) is 3. The van der Waals surface area contributed by atoms with E-state index < -0.39 is 40.3 Å². The molecule has 9 heteroatoms. The molecule has 0 aromatic heterocycles. The lowest BCUT2D eigenvalue weighted by atomic mass is 9.57. The van der Waals surface area contributed by atoms with Crippen LogP contribution in [0.25, 0.3) is 0 Å².